The number of aliphatic imine (C=N–C) groups is 1. The number of nitrogens with zero attached hydrogens (tertiary/aromatic N) is 1. The average molecular weight is 327 g/mol. The minimum atomic E-state index is 0.112. The number of carbonyl (C=O) groups excluding carboxylic acids is 1. The normalized spacial score (nSPS) is 22.3. The van der Waals surface area contributed by atoms with Crippen LogP contribution in [-0.4, -0.2) is 37.1 Å². The second kappa shape index (κ2) is 10.3. The molecule has 1 saturated heterocycles. The Hall–Kier alpha value is -0.550. The molecule has 0 unspecified atom stereocenters. The Balaban J connectivity index is 1.74. The lowest BCUT2D eigenvalue weighted by Gasteiger charge is -2.21. The predicted octanol–water partition coefficient (Wildman–Crippen LogP) is 3.61. The van der Waals surface area contributed by atoms with E-state index in [1.54, 1.807) is 11.8 Å². The van der Waals surface area contributed by atoms with Crippen LogP contribution in [0.25, 0.3) is 0 Å². The summed E-state index contributed by atoms with van der Waals surface area (Å²) in [6, 6.07) is 0. The Morgan fingerprint density at radius 1 is 1.09 bits per heavy atom. The van der Waals surface area contributed by atoms with Crippen LogP contribution in [0.3, 0.4) is 0 Å². The van der Waals surface area contributed by atoms with Crippen LogP contribution >= 0.6 is 11.8 Å². The van der Waals surface area contributed by atoms with Gasteiger partial charge in [0.25, 0.3) is 0 Å². The summed E-state index contributed by atoms with van der Waals surface area (Å²) in [5.74, 6) is 1.29. The van der Waals surface area contributed by atoms with E-state index in [0.717, 1.165) is 37.8 Å². The van der Waals surface area contributed by atoms with Crippen molar-refractivity contribution in [3.63, 3.8) is 0 Å². The van der Waals surface area contributed by atoms with Crippen LogP contribution in [0.4, 0.5) is 0 Å². The standard InChI is InChI=1S/C17H30N2O2S/c1-22-17(18-13-15-6-4-2-3-5-7-15)19-16(20)12-14-8-10-21-11-9-14/h14-15H,2-13H2,1H3,(H,18,19,20). The van der Waals surface area contributed by atoms with Crippen LogP contribution < -0.4 is 5.32 Å². The maximum absolute atomic E-state index is 12.1. The Morgan fingerprint density at radius 3 is 2.41 bits per heavy atom. The Kier molecular flexibility index (Phi) is 8.31. The largest absolute Gasteiger partial charge is 0.381 e. The smallest absolute Gasteiger partial charge is 0.226 e. The molecule has 0 aromatic carbocycles. The van der Waals surface area contributed by atoms with Gasteiger partial charge in [-0.05, 0) is 43.8 Å². The lowest BCUT2D eigenvalue weighted by molar-refractivity contribution is -0.121. The molecule has 0 aromatic heterocycles. The molecule has 1 saturated carbocycles. The molecule has 0 aromatic rings. The highest BCUT2D eigenvalue weighted by molar-refractivity contribution is 8.13. The fourth-order valence-corrected chi connectivity index (χ4v) is 3.72. The highest BCUT2D eigenvalue weighted by Crippen LogP contribution is 2.23. The van der Waals surface area contributed by atoms with Gasteiger partial charge in [-0.3, -0.25) is 9.79 Å². The number of hydrogen-bond acceptors (Lipinski definition) is 4. The van der Waals surface area contributed by atoms with Gasteiger partial charge in [0, 0.05) is 26.2 Å². The minimum absolute atomic E-state index is 0.112. The van der Waals surface area contributed by atoms with E-state index in [9.17, 15) is 4.79 Å². The summed E-state index contributed by atoms with van der Waals surface area (Å²) in [5, 5.41) is 3.80. The van der Waals surface area contributed by atoms with Crippen LogP contribution in [0.15, 0.2) is 4.99 Å². The zero-order valence-corrected chi connectivity index (χ0v) is 14.6. The van der Waals surface area contributed by atoms with Crippen molar-refractivity contribution in [1.29, 1.82) is 0 Å². The molecular formula is C17H30N2O2S. The van der Waals surface area contributed by atoms with Crippen molar-refractivity contribution >= 4 is 22.8 Å². The van der Waals surface area contributed by atoms with Gasteiger partial charge < -0.3 is 10.1 Å². The lowest BCUT2D eigenvalue weighted by atomic mass is 9.96. The summed E-state index contributed by atoms with van der Waals surface area (Å²) in [5.41, 5.74) is 0. The Labute approximate surface area is 138 Å². The topological polar surface area (TPSA) is 50.7 Å². The van der Waals surface area contributed by atoms with Gasteiger partial charge in [0.05, 0.1) is 0 Å². The van der Waals surface area contributed by atoms with Gasteiger partial charge in [0.15, 0.2) is 5.17 Å². The Morgan fingerprint density at radius 2 is 1.77 bits per heavy atom. The predicted molar refractivity (Wildman–Crippen MR) is 93.3 cm³/mol. The fourth-order valence-electron chi connectivity index (χ4n) is 3.30. The quantitative estimate of drug-likeness (QED) is 0.488. The van der Waals surface area contributed by atoms with Crippen LogP contribution in [0.1, 0.15) is 57.8 Å². The average Bonchev–Trinajstić information content (AvgIpc) is 2.81. The van der Waals surface area contributed by atoms with Crippen LogP contribution in [-0.2, 0) is 9.53 Å². The van der Waals surface area contributed by atoms with E-state index in [2.05, 4.69) is 10.3 Å². The molecule has 4 nitrogen and oxygen atoms in total. The highest BCUT2D eigenvalue weighted by Gasteiger charge is 2.18. The third-order valence-electron chi connectivity index (χ3n) is 4.72. The summed E-state index contributed by atoms with van der Waals surface area (Å²) in [6.07, 6.45) is 12.6. The van der Waals surface area contributed by atoms with Crippen molar-refractivity contribution in [2.45, 2.75) is 57.8 Å². The first-order chi connectivity index (χ1) is 10.8. The van der Waals surface area contributed by atoms with Gasteiger partial charge in [-0.25, -0.2) is 0 Å². The molecule has 1 aliphatic carbocycles. The summed E-state index contributed by atoms with van der Waals surface area (Å²) >= 11 is 1.55. The number of amidine groups is 1. The molecule has 0 radical (unpaired) electrons. The molecule has 126 valence electrons. The SMILES string of the molecule is CSC(=NCC1CCCCCC1)NC(=O)CC1CCOCC1. The number of hydrogen-bond donors (Lipinski definition) is 1. The van der Waals surface area contributed by atoms with Crippen molar-refractivity contribution in [2.75, 3.05) is 26.0 Å². The van der Waals surface area contributed by atoms with Crippen molar-refractivity contribution in [1.82, 2.24) is 5.32 Å². The van der Waals surface area contributed by atoms with E-state index in [4.69, 9.17) is 4.74 Å². The summed E-state index contributed by atoms with van der Waals surface area (Å²) in [7, 11) is 0. The molecule has 5 heteroatoms. The van der Waals surface area contributed by atoms with E-state index >= 15 is 0 Å². The number of thioether (sulfide) groups is 1. The highest BCUT2D eigenvalue weighted by atomic mass is 32.2. The lowest BCUT2D eigenvalue weighted by Crippen LogP contribution is -2.31. The van der Waals surface area contributed by atoms with E-state index in [1.807, 2.05) is 6.26 Å². The van der Waals surface area contributed by atoms with Gasteiger partial charge in [0.1, 0.15) is 0 Å². The monoisotopic (exact) mass is 326 g/mol. The summed E-state index contributed by atoms with van der Waals surface area (Å²) in [6.45, 7) is 2.46. The molecule has 0 spiro atoms. The van der Waals surface area contributed by atoms with Crippen LogP contribution in [0.5, 0.6) is 0 Å². The molecule has 0 atom stereocenters. The van der Waals surface area contributed by atoms with E-state index < -0.39 is 0 Å². The number of carbonyl (C=O) groups is 1. The maximum Gasteiger partial charge on any atom is 0.226 e. The summed E-state index contributed by atoms with van der Waals surface area (Å²) < 4.78 is 5.34. The Bertz CT molecular complexity index is 360. The molecule has 2 rings (SSSR count). The molecule has 1 amide bonds. The molecule has 2 aliphatic rings. The zero-order valence-electron chi connectivity index (χ0n) is 13.8. The van der Waals surface area contributed by atoms with Gasteiger partial charge in [0.2, 0.25) is 5.91 Å². The van der Waals surface area contributed by atoms with Crippen molar-refractivity contribution in [3.8, 4) is 0 Å². The van der Waals surface area contributed by atoms with Crippen molar-refractivity contribution in [3.05, 3.63) is 0 Å². The third kappa shape index (κ3) is 6.69. The number of nitrogens with one attached hydrogen (secondary N) is 1. The molecule has 1 aliphatic heterocycles. The van der Waals surface area contributed by atoms with Crippen LogP contribution in [0.2, 0.25) is 0 Å². The first-order valence-electron chi connectivity index (χ1n) is 8.74. The van der Waals surface area contributed by atoms with Gasteiger partial charge in [-0.2, -0.15) is 0 Å². The second-order valence-corrected chi connectivity index (χ2v) is 7.31. The van der Waals surface area contributed by atoms with Crippen molar-refractivity contribution in [2.24, 2.45) is 16.8 Å². The van der Waals surface area contributed by atoms with E-state index in [1.165, 1.54) is 38.5 Å². The molecular weight excluding hydrogens is 296 g/mol. The zero-order chi connectivity index (χ0) is 15.6. The number of ether oxygens (including phenoxy) is 1. The van der Waals surface area contributed by atoms with E-state index in [-0.39, 0.29) is 5.91 Å². The first kappa shape index (κ1) is 17.8. The molecule has 1 N–H and O–H groups in total. The second-order valence-electron chi connectivity index (χ2n) is 6.52. The molecule has 0 bridgehead atoms. The van der Waals surface area contributed by atoms with Crippen molar-refractivity contribution < 1.29 is 9.53 Å². The van der Waals surface area contributed by atoms with Gasteiger partial charge >= 0.3 is 0 Å². The van der Waals surface area contributed by atoms with Gasteiger partial charge in [-0.1, -0.05) is 37.4 Å². The molecule has 2 fully saturated rings. The summed E-state index contributed by atoms with van der Waals surface area (Å²) in [4.78, 5) is 16.8. The third-order valence-corrected chi connectivity index (χ3v) is 5.34. The molecule has 1 heterocycles. The van der Waals surface area contributed by atoms with E-state index in [0.29, 0.717) is 18.3 Å². The number of rotatable bonds is 4. The fraction of sp³-hybridized carbons (Fsp3) is 0.882. The van der Waals surface area contributed by atoms with Crippen LogP contribution in [0, 0.1) is 11.8 Å². The van der Waals surface area contributed by atoms with Gasteiger partial charge in [-0.15, -0.1) is 0 Å². The first-order valence-corrected chi connectivity index (χ1v) is 9.96. The maximum atomic E-state index is 12.1. The minimum Gasteiger partial charge on any atom is -0.381 e. The molecule has 22 heavy (non-hydrogen) atoms. The number of amides is 1.